The van der Waals surface area contributed by atoms with Crippen molar-refractivity contribution in [2.45, 2.75) is 5.41 Å². The highest BCUT2D eigenvalue weighted by molar-refractivity contribution is 5.71. The quantitative estimate of drug-likeness (QED) is 0.194. The van der Waals surface area contributed by atoms with Gasteiger partial charge >= 0.3 is 0 Å². The number of nitrogen functional groups attached to an aromatic ring is 2. The first-order valence-electron chi connectivity index (χ1n) is 12.2. The fraction of sp³-hybridized carbons (Fsp3) is 0.0909. The number of methoxy groups -OCH3 is 2. The summed E-state index contributed by atoms with van der Waals surface area (Å²) in [6, 6.07) is 41.1. The SMILES string of the molecule is COc1cc(N)ccc1C(c1ccccc1)(c1ccc(-c2ccccc2)cc1)c1ccc(N)cc1OC. The average Bonchev–Trinajstić information content (AvgIpc) is 2.96. The predicted octanol–water partition coefficient (Wildman–Crippen LogP) is 6.92. The van der Waals surface area contributed by atoms with E-state index in [0.717, 1.165) is 33.4 Å². The van der Waals surface area contributed by atoms with E-state index < -0.39 is 5.41 Å². The Morgan fingerprint density at radius 2 is 0.919 bits per heavy atom. The summed E-state index contributed by atoms with van der Waals surface area (Å²) < 4.78 is 11.9. The third-order valence-corrected chi connectivity index (χ3v) is 6.89. The lowest BCUT2D eigenvalue weighted by molar-refractivity contribution is 0.395. The van der Waals surface area contributed by atoms with Gasteiger partial charge in [0, 0.05) is 34.6 Å². The topological polar surface area (TPSA) is 70.5 Å². The Hall–Kier alpha value is -4.70. The lowest BCUT2D eigenvalue weighted by Crippen LogP contribution is -2.32. The summed E-state index contributed by atoms with van der Waals surface area (Å²) in [6.45, 7) is 0. The van der Waals surface area contributed by atoms with Crippen molar-refractivity contribution in [2.75, 3.05) is 25.7 Å². The second-order valence-corrected chi connectivity index (χ2v) is 8.98. The van der Waals surface area contributed by atoms with Crippen molar-refractivity contribution in [3.05, 3.63) is 144 Å². The van der Waals surface area contributed by atoms with Gasteiger partial charge in [-0.05, 0) is 34.4 Å². The van der Waals surface area contributed by atoms with Crippen LogP contribution in [0.25, 0.3) is 11.1 Å². The molecule has 0 fully saturated rings. The molecule has 4 heteroatoms. The van der Waals surface area contributed by atoms with Crippen LogP contribution in [0.15, 0.2) is 121 Å². The Labute approximate surface area is 218 Å². The Balaban J connectivity index is 1.89. The van der Waals surface area contributed by atoms with Gasteiger partial charge in [0.25, 0.3) is 0 Å². The van der Waals surface area contributed by atoms with Crippen molar-refractivity contribution in [2.24, 2.45) is 0 Å². The summed E-state index contributed by atoms with van der Waals surface area (Å²) in [5, 5.41) is 0. The van der Waals surface area contributed by atoms with Crippen LogP contribution in [-0.2, 0) is 5.41 Å². The summed E-state index contributed by atoms with van der Waals surface area (Å²) in [5.74, 6) is 1.38. The molecule has 37 heavy (non-hydrogen) atoms. The molecular weight excluding hydrogens is 456 g/mol. The van der Waals surface area contributed by atoms with Crippen molar-refractivity contribution in [1.82, 2.24) is 0 Å². The molecule has 0 aromatic heterocycles. The largest absolute Gasteiger partial charge is 0.496 e. The lowest BCUT2D eigenvalue weighted by Gasteiger charge is -2.38. The third kappa shape index (κ3) is 4.27. The van der Waals surface area contributed by atoms with Gasteiger partial charge in [-0.3, -0.25) is 0 Å². The van der Waals surface area contributed by atoms with Crippen molar-refractivity contribution in [3.8, 4) is 22.6 Å². The number of hydrogen-bond acceptors (Lipinski definition) is 4. The van der Waals surface area contributed by atoms with Gasteiger partial charge in [0.15, 0.2) is 0 Å². The summed E-state index contributed by atoms with van der Waals surface area (Å²) >= 11 is 0. The van der Waals surface area contributed by atoms with Crippen molar-refractivity contribution in [1.29, 1.82) is 0 Å². The van der Waals surface area contributed by atoms with E-state index in [1.807, 2.05) is 48.5 Å². The molecule has 0 aliphatic heterocycles. The van der Waals surface area contributed by atoms with E-state index in [-0.39, 0.29) is 0 Å². The van der Waals surface area contributed by atoms with Crippen LogP contribution in [0.2, 0.25) is 0 Å². The molecule has 0 bridgehead atoms. The van der Waals surface area contributed by atoms with Crippen LogP contribution in [0.5, 0.6) is 11.5 Å². The van der Waals surface area contributed by atoms with Crippen LogP contribution < -0.4 is 20.9 Å². The van der Waals surface area contributed by atoms with Crippen molar-refractivity contribution >= 4 is 11.4 Å². The molecule has 5 rings (SSSR count). The van der Waals surface area contributed by atoms with Crippen LogP contribution in [0.4, 0.5) is 11.4 Å². The third-order valence-electron chi connectivity index (χ3n) is 6.89. The zero-order valence-corrected chi connectivity index (χ0v) is 21.0. The molecule has 0 unspecified atom stereocenters. The Morgan fingerprint density at radius 1 is 0.486 bits per heavy atom. The van der Waals surface area contributed by atoms with E-state index in [9.17, 15) is 0 Å². The zero-order chi connectivity index (χ0) is 25.8. The van der Waals surface area contributed by atoms with Crippen LogP contribution in [0.3, 0.4) is 0 Å². The van der Waals surface area contributed by atoms with E-state index in [1.165, 1.54) is 0 Å². The molecule has 0 spiro atoms. The van der Waals surface area contributed by atoms with Gasteiger partial charge in [-0.2, -0.15) is 0 Å². The Morgan fingerprint density at radius 3 is 1.41 bits per heavy atom. The summed E-state index contributed by atoms with van der Waals surface area (Å²) in [6.07, 6.45) is 0. The minimum Gasteiger partial charge on any atom is -0.496 e. The summed E-state index contributed by atoms with van der Waals surface area (Å²) in [5.41, 5.74) is 19.2. The summed E-state index contributed by atoms with van der Waals surface area (Å²) in [7, 11) is 3.35. The van der Waals surface area contributed by atoms with Crippen LogP contribution in [-0.4, -0.2) is 14.2 Å². The molecule has 0 amide bonds. The molecule has 0 heterocycles. The number of rotatable bonds is 7. The van der Waals surface area contributed by atoms with Gasteiger partial charge in [0.2, 0.25) is 0 Å². The molecule has 0 radical (unpaired) electrons. The van der Waals surface area contributed by atoms with E-state index in [4.69, 9.17) is 20.9 Å². The molecule has 4 nitrogen and oxygen atoms in total. The first-order valence-corrected chi connectivity index (χ1v) is 12.2. The maximum absolute atomic E-state index is 6.20. The number of anilines is 2. The minimum atomic E-state index is -0.783. The molecular formula is C33H30N2O2. The maximum Gasteiger partial charge on any atom is 0.125 e. The van der Waals surface area contributed by atoms with Gasteiger partial charge in [0.1, 0.15) is 11.5 Å². The number of benzene rings is 5. The molecule has 0 saturated carbocycles. The highest BCUT2D eigenvalue weighted by Crippen LogP contribution is 2.51. The van der Waals surface area contributed by atoms with E-state index in [0.29, 0.717) is 22.9 Å². The predicted molar refractivity (Wildman–Crippen MR) is 152 cm³/mol. The highest BCUT2D eigenvalue weighted by atomic mass is 16.5. The molecule has 4 N–H and O–H groups in total. The second kappa shape index (κ2) is 10.1. The minimum absolute atomic E-state index is 0.631. The average molecular weight is 487 g/mol. The lowest BCUT2D eigenvalue weighted by atomic mass is 9.64. The van der Waals surface area contributed by atoms with Crippen molar-refractivity contribution in [3.63, 3.8) is 0 Å². The first kappa shape index (κ1) is 24.0. The first-order chi connectivity index (χ1) is 18.1. The molecule has 5 aromatic rings. The maximum atomic E-state index is 6.20. The molecule has 0 saturated heterocycles. The second-order valence-electron chi connectivity index (χ2n) is 8.98. The fourth-order valence-corrected chi connectivity index (χ4v) is 5.20. The Kier molecular flexibility index (Phi) is 6.57. The fourth-order valence-electron chi connectivity index (χ4n) is 5.20. The molecule has 5 aromatic carbocycles. The van der Waals surface area contributed by atoms with E-state index in [1.54, 1.807) is 14.2 Å². The normalized spacial score (nSPS) is 11.2. The van der Waals surface area contributed by atoms with Crippen LogP contribution in [0.1, 0.15) is 22.3 Å². The number of nitrogens with two attached hydrogens (primary N) is 2. The van der Waals surface area contributed by atoms with Crippen LogP contribution >= 0.6 is 0 Å². The summed E-state index contributed by atoms with van der Waals surface area (Å²) in [4.78, 5) is 0. The number of ether oxygens (including phenoxy) is 2. The van der Waals surface area contributed by atoms with Gasteiger partial charge in [-0.1, -0.05) is 97.1 Å². The monoisotopic (exact) mass is 486 g/mol. The molecule has 0 atom stereocenters. The van der Waals surface area contributed by atoms with Gasteiger partial charge in [-0.15, -0.1) is 0 Å². The number of hydrogen-bond donors (Lipinski definition) is 2. The van der Waals surface area contributed by atoms with Gasteiger partial charge in [-0.25, -0.2) is 0 Å². The zero-order valence-electron chi connectivity index (χ0n) is 21.0. The van der Waals surface area contributed by atoms with Gasteiger partial charge in [0.05, 0.1) is 19.6 Å². The molecule has 0 aliphatic carbocycles. The Bertz CT molecular complexity index is 1440. The van der Waals surface area contributed by atoms with E-state index in [2.05, 4.69) is 72.8 Å². The van der Waals surface area contributed by atoms with Crippen LogP contribution in [0, 0.1) is 0 Å². The standard InChI is InChI=1S/C33H30N2O2/c1-36-31-21-27(34)17-19-29(31)33(25-11-7-4-8-12-25,30-20-18-28(35)22-32(30)37-2)26-15-13-24(14-16-26)23-9-5-3-6-10-23/h3-22H,34-35H2,1-2H3. The molecule has 0 aliphatic rings. The van der Waals surface area contributed by atoms with E-state index >= 15 is 0 Å². The molecule has 184 valence electrons. The van der Waals surface area contributed by atoms with Gasteiger partial charge < -0.3 is 20.9 Å². The highest BCUT2D eigenvalue weighted by Gasteiger charge is 2.42. The smallest absolute Gasteiger partial charge is 0.125 e. The van der Waals surface area contributed by atoms with Crippen molar-refractivity contribution < 1.29 is 9.47 Å².